The fourth-order valence-electron chi connectivity index (χ4n) is 1.29. The lowest BCUT2D eigenvalue weighted by Gasteiger charge is -2.26. The van der Waals surface area contributed by atoms with E-state index in [0.29, 0.717) is 6.54 Å². The van der Waals surface area contributed by atoms with E-state index < -0.39 is 6.10 Å². The summed E-state index contributed by atoms with van der Waals surface area (Å²) in [6.45, 7) is 6.61. The Bertz CT molecular complexity index is 374. The molecule has 0 aliphatic carbocycles. The van der Waals surface area contributed by atoms with Crippen LogP contribution in [-0.2, 0) is 6.54 Å². The second kappa shape index (κ2) is 5.85. The summed E-state index contributed by atoms with van der Waals surface area (Å²) >= 11 is 3.43. The Labute approximate surface area is 111 Å². The van der Waals surface area contributed by atoms with Gasteiger partial charge in [-0.3, -0.25) is 0 Å². The summed E-state index contributed by atoms with van der Waals surface area (Å²) in [7, 11) is 0. The molecule has 0 aromatic heterocycles. The third-order valence-electron chi connectivity index (χ3n) is 2.65. The van der Waals surface area contributed by atoms with Crippen LogP contribution in [0.5, 0.6) is 5.75 Å². The molecule has 0 aliphatic heterocycles. The SMILES string of the molecule is CC(C)(C)C(O)COc1c(Br)cccc1CN. The van der Waals surface area contributed by atoms with E-state index in [1.54, 1.807) is 0 Å². The third kappa shape index (κ3) is 3.98. The monoisotopic (exact) mass is 301 g/mol. The first-order valence-electron chi connectivity index (χ1n) is 5.64. The van der Waals surface area contributed by atoms with Crippen LogP contribution < -0.4 is 10.5 Å². The molecule has 0 spiro atoms. The van der Waals surface area contributed by atoms with Crippen molar-refractivity contribution in [1.29, 1.82) is 0 Å². The van der Waals surface area contributed by atoms with E-state index in [0.717, 1.165) is 15.8 Å². The summed E-state index contributed by atoms with van der Waals surface area (Å²) in [5.74, 6) is 0.721. The van der Waals surface area contributed by atoms with Crippen molar-refractivity contribution in [2.24, 2.45) is 11.1 Å². The van der Waals surface area contributed by atoms with Crippen molar-refractivity contribution in [2.45, 2.75) is 33.4 Å². The van der Waals surface area contributed by atoms with Crippen molar-refractivity contribution in [1.82, 2.24) is 0 Å². The summed E-state index contributed by atoms with van der Waals surface area (Å²) in [6, 6.07) is 5.74. The van der Waals surface area contributed by atoms with Crippen LogP contribution in [0.15, 0.2) is 22.7 Å². The molecule has 3 N–H and O–H groups in total. The maximum atomic E-state index is 9.93. The van der Waals surface area contributed by atoms with Crippen molar-refractivity contribution in [3.05, 3.63) is 28.2 Å². The van der Waals surface area contributed by atoms with Crippen molar-refractivity contribution >= 4 is 15.9 Å². The summed E-state index contributed by atoms with van der Waals surface area (Å²) < 4.78 is 6.53. The topological polar surface area (TPSA) is 55.5 Å². The molecule has 4 heteroatoms. The molecule has 0 aliphatic rings. The average Bonchev–Trinajstić information content (AvgIpc) is 2.25. The molecule has 0 amide bonds. The van der Waals surface area contributed by atoms with Crippen LogP contribution in [0, 0.1) is 5.41 Å². The molecule has 17 heavy (non-hydrogen) atoms. The zero-order valence-electron chi connectivity index (χ0n) is 10.5. The quantitative estimate of drug-likeness (QED) is 0.899. The number of nitrogens with two attached hydrogens (primary N) is 1. The van der Waals surface area contributed by atoms with Crippen LogP contribution in [-0.4, -0.2) is 17.8 Å². The highest BCUT2D eigenvalue weighted by Crippen LogP contribution is 2.30. The number of para-hydroxylation sites is 1. The maximum Gasteiger partial charge on any atom is 0.138 e. The summed E-state index contributed by atoms with van der Waals surface area (Å²) in [5, 5.41) is 9.93. The van der Waals surface area contributed by atoms with Gasteiger partial charge in [-0.15, -0.1) is 0 Å². The van der Waals surface area contributed by atoms with Gasteiger partial charge in [0.25, 0.3) is 0 Å². The van der Waals surface area contributed by atoms with Gasteiger partial charge < -0.3 is 15.6 Å². The normalized spacial score (nSPS) is 13.5. The molecule has 0 heterocycles. The molecule has 1 rings (SSSR count). The first-order chi connectivity index (χ1) is 7.86. The van der Waals surface area contributed by atoms with Crippen LogP contribution in [0.25, 0.3) is 0 Å². The van der Waals surface area contributed by atoms with E-state index in [1.807, 2.05) is 39.0 Å². The summed E-state index contributed by atoms with van der Waals surface area (Å²) in [4.78, 5) is 0. The van der Waals surface area contributed by atoms with Gasteiger partial charge in [-0.1, -0.05) is 32.9 Å². The molecule has 0 saturated heterocycles. The molecule has 1 atom stereocenters. The Kier molecular flexibility index (Phi) is 4.98. The van der Waals surface area contributed by atoms with Crippen molar-refractivity contribution in [3.8, 4) is 5.75 Å². The number of aliphatic hydroxyl groups excluding tert-OH is 1. The number of hydrogen-bond donors (Lipinski definition) is 2. The van der Waals surface area contributed by atoms with Crippen LogP contribution in [0.3, 0.4) is 0 Å². The number of ether oxygens (including phenoxy) is 1. The molecule has 0 fully saturated rings. The van der Waals surface area contributed by atoms with Gasteiger partial charge in [0.1, 0.15) is 12.4 Å². The first-order valence-corrected chi connectivity index (χ1v) is 6.44. The molecule has 3 nitrogen and oxygen atoms in total. The number of aliphatic hydroxyl groups is 1. The maximum absolute atomic E-state index is 9.93. The molecule has 0 bridgehead atoms. The predicted octanol–water partition coefficient (Wildman–Crippen LogP) is 2.69. The first kappa shape index (κ1) is 14.5. The number of benzene rings is 1. The molecule has 0 radical (unpaired) electrons. The van der Waals surface area contributed by atoms with Crippen LogP contribution >= 0.6 is 15.9 Å². The van der Waals surface area contributed by atoms with Gasteiger partial charge in [0, 0.05) is 12.1 Å². The van der Waals surface area contributed by atoms with Crippen LogP contribution in [0.1, 0.15) is 26.3 Å². The highest BCUT2D eigenvalue weighted by atomic mass is 79.9. The largest absolute Gasteiger partial charge is 0.489 e. The van der Waals surface area contributed by atoms with E-state index in [4.69, 9.17) is 10.5 Å². The lowest BCUT2D eigenvalue weighted by Crippen LogP contribution is -2.32. The smallest absolute Gasteiger partial charge is 0.138 e. The number of hydrogen-bond acceptors (Lipinski definition) is 3. The van der Waals surface area contributed by atoms with E-state index >= 15 is 0 Å². The van der Waals surface area contributed by atoms with Crippen LogP contribution in [0.4, 0.5) is 0 Å². The Morgan fingerprint density at radius 2 is 2.06 bits per heavy atom. The molecule has 1 aromatic carbocycles. The minimum absolute atomic E-state index is 0.190. The van der Waals surface area contributed by atoms with Gasteiger partial charge in [0.15, 0.2) is 0 Å². The molecule has 96 valence electrons. The standard InChI is InChI=1S/C13H20BrNO2/c1-13(2,3)11(16)8-17-12-9(7-15)5-4-6-10(12)14/h4-6,11,16H,7-8,15H2,1-3H3. The molecule has 0 saturated carbocycles. The fourth-order valence-corrected chi connectivity index (χ4v) is 1.81. The van der Waals surface area contributed by atoms with Gasteiger partial charge in [0.05, 0.1) is 10.6 Å². The second-order valence-corrected chi connectivity index (χ2v) is 5.98. The summed E-state index contributed by atoms with van der Waals surface area (Å²) in [6.07, 6.45) is -0.514. The van der Waals surface area contributed by atoms with E-state index in [-0.39, 0.29) is 12.0 Å². The molecule has 1 aromatic rings. The van der Waals surface area contributed by atoms with E-state index in [9.17, 15) is 5.11 Å². The van der Waals surface area contributed by atoms with Gasteiger partial charge in [-0.05, 0) is 27.4 Å². The van der Waals surface area contributed by atoms with E-state index in [2.05, 4.69) is 15.9 Å². The zero-order chi connectivity index (χ0) is 13.1. The zero-order valence-corrected chi connectivity index (χ0v) is 12.1. The van der Waals surface area contributed by atoms with Crippen molar-refractivity contribution in [2.75, 3.05) is 6.61 Å². The number of halogens is 1. The van der Waals surface area contributed by atoms with Gasteiger partial charge in [-0.2, -0.15) is 0 Å². The highest BCUT2D eigenvalue weighted by Gasteiger charge is 2.23. The Morgan fingerprint density at radius 1 is 1.41 bits per heavy atom. The van der Waals surface area contributed by atoms with Gasteiger partial charge in [-0.25, -0.2) is 0 Å². The lowest BCUT2D eigenvalue weighted by molar-refractivity contribution is 0.0213. The Hall–Kier alpha value is -0.580. The summed E-state index contributed by atoms with van der Waals surface area (Å²) in [5.41, 5.74) is 6.39. The minimum atomic E-state index is -0.514. The minimum Gasteiger partial charge on any atom is -0.489 e. The third-order valence-corrected chi connectivity index (χ3v) is 3.28. The van der Waals surface area contributed by atoms with Gasteiger partial charge in [0.2, 0.25) is 0 Å². The molecular formula is C13H20BrNO2. The second-order valence-electron chi connectivity index (χ2n) is 5.13. The highest BCUT2D eigenvalue weighted by molar-refractivity contribution is 9.10. The average molecular weight is 302 g/mol. The predicted molar refractivity (Wildman–Crippen MR) is 73.0 cm³/mol. The van der Waals surface area contributed by atoms with E-state index in [1.165, 1.54) is 0 Å². The van der Waals surface area contributed by atoms with Crippen molar-refractivity contribution < 1.29 is 9.84 Å². The lowest BCUT2D eigenvalue weighted by atomic mass is 9.90. The fraction of sp³-hybridized carbons (Fsp3) is 0.538. The molecular weight excluding hydrogens is 282 g/mol. The van der Waals surface area contributed by atoms with Crippen LogP contribution in [0.2, 0.25) is 0 Å². The molecule has 1 unspecified atom stereocenters. The van der Waals surface area contributed by atoms with Gasteiger partial charge >= 0.3 is 0 Å². The Morgan fingerprint density at radius 3 is 2.59 bits per heavy atom. The number of rotatable bonds is 4. The van der Waals surface area contributed by atoms with Crippen molar-refractivity contribution in [3.63, 3.8) is 0 Å². The Balaban J connectivity index is 2.76.